The molecule has 136 valence electrons. The van der Waals surface area contributed by atoms with E-state index in [-0.39, 0.29) is 18.2 Å². The van der Waals surface area contributed by atoms with Crippen LogP contribution in [-0.2, 0) is 4.79 Å². The van der Waals surface area contributed by atoms with Gasteiger partial charge in [-0.05, 0) is 55.5 Å². The molecule has 3 aromatic carbocycles. The molecule has 5 heteroatoms. The van der Waals surface area contributed by atoms with Crippen molar-refractivity contribution in [1.29, 1.82) is 0 Å². The maximum atomic E-state index is 12.2. The minimum absolute atomic E-state index is 0.0486. The zero-order valence-corrected chi connectivity index (χ0v) is 14.9. The number of ketones is 1. The first-order valence-corrected chi connectivity index (χ1v) is 8.58. The number of nitrogens with one attached hydrogen (secondary N) is 2. The fourth-order valence-electron chi connectivity index (χ4n) is 2.56. The molecular weight excluding hydrogens is 340 g/mol. The molecule has 0 spiro atoms. The van der Waals surface area contributed by atoms with Gasteiger partial charge in [0.2, 0.25) is 5.91 Å². The summed E-state index contributed by atoms with van der Waals surface area (Å²) in [6.45, 7) is 1.56. The average Bonchev–Trinajstić information content (AvgIpc) is 2.69. The molecule has 1 amide bonds. The number of hydrogen-bond acceptors (Lipinski definition) is 4. The summed E-state index contributed by atoms with van der Waals surface area (Å²) in [5.41, 5.74) is 1.88. The van der Waals surface area contributed by atoms with E-state index in [1.54, 1.807) is 42.5 Å². The molecule has 0 aliphatic heterocycles. The maximum absolute atomic E-state index is 12.2. The number of anilines is 2. The topological polar surface area (TPSA) is 67.4 Å². The summed E-state index contributed by atoms with van der Waals surface area (Å²) in [4.78, 5) is 23.8. The lowest BCUT2D eigenvalue weighted by molar-refractivity contribution is -0.114. The number of amides is 1. The predicted octanol–water partition coefficient (Wildman–Crippen LogP) is 4.73. The zero-order chi connectivity index (χ0) is 19.1. The molecule has 0 saturated heterocycles. The molecule has 0 atom stereocenters. The Morgan fingerprint density at radius 2 is 1.44 bits per heavy atom. The van der Waals surface area contributed by atoms with E-state index in [0.29, 0.717) is 22.7 Å². The van der Waals surface area contributed by atoms with Crippen LogP contribution in [0, 0.1) is 0 Å². The molecule has 0 aromatic heterocycles. The Kier molecular flexibility index (Phi) is 5.84. The normalized spacial score (nSPS) is 10.1. The standard InChI is InChI=1S/C22H20N2O3/c1-16(25)20-9-5-6-10-21(20)23-15-22(26)24-17-11-13-19(14-12-17)27-18-7-3-2-4-8-18/h2-14,23H,15H2,1H3,(H,24,26). The van der Waals surface area contributed by atoms with E-state index >= 15 is 0 Å². The summed E-state index contributed by atoms with van der Waals surface area (Å²) in [5, 5.41) is 5.81. The van der Waals surface area contributed by atoms with Crippen molar-refractivity contribution < 1.29 is 14.3 Å². The van der Waals surface area contributed by atoms with Crippen molar-refractivity contribution >= 4 is 23.1 Å². The Bertz CT molecular complexity index is 922. The van der Waals surface area contributed by atoms with Gasteiger partial charge >= 0.3 is 0 Å². The van der Waals surface area contributed by atoms with Crippen molar-refractivity contribution in [3.05, 3.63) is 84.4 Å². The Morgan fingerprint density at radius 3 is 2.15 bits per heavy atom. The van der Waals surface area contributed by atoms with Crippen LogP contribution >= 0.6 is 0 Å². The molecule has 0 unspecified atom stereocenters. The van der Waals surface area contributed by atoms with Gasteiger partial charge in [0, 0.05) is 16.9 Å². The highest BCUT2D eigenvalue weighted by Gasteiger charge is 2.08. The number of para-hydroxylation sites is 2. The molecule has 0 bridgehead atoms. The van der Waals surface area contributed by atoms with Crippen LogP contribution in [0.3, 0.4) is 0 Å². The fraction of sp³-hybridized carbons (Fsp3) is 0.0909. The van der Waals surface area contributed by atoms with Crippen molar-refractivity contribution in [3.63, 3.8) is 0 Å². The van der Waals surface area contributed by atoms with Crippen LogP contribution < -0.4 is 15.4 Å². The van der Waals surface area contributed by atoms with Gasteiger partial charge < -0.3 is 15.4 Å². The van der Waals surface area contributed by atoms with Gasteiger partial charge in [-0.2, -0.15) is 0 Å². The third kappa shape index (κ3) is 5.19. The van der Waals surface area contributed by atoms with Crippen molar-refractivity contribution in [1.82, 2.24) is 0 Å². The van der Waals surface area contributed by atoms with Crippen molar-refractivity contribution in [2.45, 2.75) is 6.92 Å². The summed E-state index contributed by atoms with van der Waals surface area (Å²) < 4.78 is 5.72. The first kappa shape index (κ1) is 18.2. The molecule has 2 N–H and O–H groups in total. The SMILES string of the molecule is CC(=O)c1ccccc1NCC(=O)Nc1ccc(Oc2ccccc2)cc1. The van der Waals surface area contributed by atoms with Crippen LogP contribution in [0.5, 0.6) is 11.5 Å². The van der Waals surface area contributed by atoms with Gasteiger partial charge in [-0.15, -0.1) is 0 Å². The molecule has 0 saturated carbocycles. The first-order valence-electron chi connectivity index (χ1n) is 8.58. The van der Waals surface area contributed by atoms with Gasteiger partial charge in [-0.3, -0.25) is 9.59 Å². The second-order valence-corrected chi connectivity index (χ2v) is 5.94. The van der Waals surface area contributed by atoms with Crippen LogP contribution in [-0.4, -0.2) is 18.2 Å². The summed E-state index contributed by atoms with van der Waals surface area (Å²) in [7, 11) is 0. The zero-order valence-electron chi connectivity index (χ0n) is 14.9. The van der Waals surface area contributed by atoms with E-state index in [0.717, 1.165) is 5.75 Å². The molecule has 3 aromatic rings. The van der Waals surface area contributed by atoms with Crippen LogP contribution in [0.2, 0.25) is 0 Å². The number of carbonyl (C=O) groups excluding carboxylic acids is 2. The fourth-order valence-corrected chi connectivity index (χ4v) is 2.56. The summed E-state index contributed by atoms with van der Waals surface area (Å²) in [5.74, 6) is 1.19. The Morgan fingerprint density at radius 1 is 0.815 bits per heavy atom. The second-order valence-electron chi connectivity index (χ2n) is 5.94. The predicted molar refractivity (Wildman–Crippen MR) is 107 cm³/mol. The minimum Gasteiger partial charge on any atom is -0.457 e. The van der Waals surface area contributed by atoms with Crippen LogP contribution in [0.4, 0.5) is 11.4 Å². The van der Waals surface area contributed by atoms with Crippen molar-refractivity contribution in [2.75, 3.05) is 17.2 Å². The largest absolute Gasteiger partial charge is 0.457 e. The maximum Gasteiger partial charge on any atom is 0.243 e. The van der Waals surface area contributed by atoms with Gasteiger partial charge in [-0.25, -0.2) is 0 Å². The number of carbonyl (C=O) groups is 2. The Balaban J connectivity index is 1.54. The van der Waals surface area contributed by atoms with Crippen LogP contribution in [0.15, 0.2) is 78.9 Å². The number of Topliss-reactive ketones (excluding diaryl/α,β-unsaturated/α-hetero) is 1. The highest BCUT2D eigenvalue weighted by molar-refractivity contribution is 6.00. The summed E-state index contributed by atoms with van der Waals surface area (Å²) >= 11 is 0. The molecular formula is C22H20N2O3. The first-order chi connectivity index (χ1) is 13.1. The number of rotatable bonds is 7. The molecule has 0 aliphatic carbocycles. The van der Waals surface area contributed by atoms with E-state index in [1.807, 2.05) is 36.4 Å². The van der Waals surface area contributed by atoms with Gasteiger partial charge in [0.25, 0.3) is 0 Å². The third-order valence-corrected chi connectivity index (χ3v) is 3.86. The minimum atomic E-state index is -0.204. The lowest BCUT2D eigenvalue weighted by atomic mass is 10.1. The Hall–Kier alpha value is -3.60. The van der Waals surface area contributed by atoms with Crippen molar-refractivity contribution in [2.24, 2.45) is 0 Å². The lowest BCUT2D eigenvalue weighted by Crippen LogP contribution is -2.22. The van der Waals surface area contributed by atoms with E-state index < -0.39 is 0 Å². The number of hydrogen-bond donors (Lipinski definition) is 2. The van der Waals surface area contributed by atoms with E-state index in [2.05, 4.69) is 10.6 Å². The molecule has 27 heavy (non-hydrogen) atoms. The van der Waals surface area contributed by atoms with E-state index in [1.165, 1.54) is 6.92 Å². The van der Waals surface area contributed by atoms with Crippen LogP contribution in [0.25, 0.3) is 0 Å². The van der Waals surface area contributed by atoms with Crippen molar-refractivity contribution in [3.8, 4) is 11.5 Å². The third-order valence-electron chi connectivity index (χ3n) is 3.86. The molecule has 0 heterocycles. The monoisotopic (exact) mass is 360 g/mol. The van der Waals surface area contributed by atoms with Gasteiger partial charge in [-0.1, -0.05) is 30.3 Å². The average molecular weight is 360 g/mol. The smallest absolute Gasteiger partial charge is 0.243 e. The van der Waals surface area contributed by atoms with Crippen LogP contribution in [0.1, 0.15) is 17.3 Å². The molecule has 0 radical (unpaired) electrons. The molecule has 0 aliphatic rings. The second kappa shape index (κ2) is 8.67. The van der Waals surface area contributed by atoms with E-state index in [4.69, 9.17) is 4.74 Å². The van der Waals surface area contributed by atoms with Gasteiger partial charge in [0.1, 0.15) is 11.5 Å². The van der Waals surface area contributed by atoms with E-state index in [9.17, 15) is 9.59 Å². The Labute approximate surface area is 158 Å². The highest BCUT2D eigenvalue weighted by atomic mass is 16.5. The molecule has 5 nitrogen and oxygen atoms in total. The van der Waals surface area contributed by atoms with Gasteiger partial charge in [0.15, 0.2) is 5.78 Å². The highest BCUT2D eigenvalue weighted by Crippen LogP contribution is 2.22. The van der Waals surface area contributed by atoms with Gasteiger partial charge in [0.05, 0.1) is 6.54 Å². The molecule has 0 fully saturated rings. The number of ether oxygens (including phenoxy) is 1. The number of benzene rings is 3. The summed E-state index contributed by atoms with van der Waals surface area (Å²) in [6.07, 6.45) is 0. The summed E-state index contributed by atoms with van der Waals surface area (Å²) in [6, 6.07) is 23.7. The molecule has 3 rings (SSSR count). The quantitative estimate of drug-likeness (QED) is 0.598. The lowest BCUT2D eigenvalue weighted by Gasteiger charge is -2.11.